The van der Waals surface area contributed by atoms with Gasteiger partial charge in [0.2, 0.25) is 5.79 Å². The number of anilines is 1. The molecule has 29 heavy (non-hydrogen) atoms. The van der Waals surface area contributed by atoms with Crippen LogP contribution in [0.1, 0.15) is 19.4 Å². The quantitative estimate of drug-likeness (QED) is 0.710. The number of benzene rings is 2. The van der Waals surface area contributed by atoms with E-state index in [1.54, 1.807) is 13.8 Å². The minimum absolute atomic E-state index is 0.000654. The van der Waals surface area contributed by atoms with Crippen molar-refractivity contribution in [2.24, 2.45) is 0 Å². The summed E-state index contributed by atoms with van der Waals surface area (Å²) in [4.78, 5) is 0. The fourth-order valence-electron chi connectivity index (χ4n) is 3.60. The Balaban J connectivity index is 1.35. The summed E-state index contributed by atoms with van der Waals surface area (Å²) >= 11 is 0. The second kappa shape index (κ2) is 7.59. The van der Waals surface area contributed by atoms with Gasteiger partial charge in [-0.05, 0) is 57.2 Å². The predicted molar refractivity (Wildman–Crippen MR) is 107 cm³/mol. The highest BCUT2D eigenvalue weighted by Gasteiger charge is 2.56. The Morgan fingerprint density at radius 2 is 1.66 bits per heavy atom. The van der Waals surface area contributed by atoms with E-state index in [1.807, 2.05) is 55.5 Å². The first-order valence-electron chi connectivity index (χ1n) is 9.73. The average Bonchev–Trinajstić information content (AvgIpc) is 3.01. The van der Waals surface area contributed by atoms with Crippen LogP contribution in [0.3, 0.4) is 0 Å². The van der Waals surface area contributed by atoms with Crippen molar-refractivity contribution in [3.8, 4) is 11.5 Å². The van der Waals surface area contributed by atoms with Gasteiger partial charge < -0.3 is 34.5 Å². The van der Waals surface area contributed by atoms with Crippen LogP contribution in [0.2, 0.25) is 0 Å². The lowest BCUT2D eigenvalue weighted by Crippen LogP contribution is -2.62. The van der Waals surface area contributed by atoms with Gasteiger partial charge in [0.25, 0.3) is 0 Å². The van der Waals surface area contributed by atoms with E-state index in [0.717, 1.165) is 11.4 Å². The molecule has 0 saturated carbocycles. The zero-order valence-corrected chi connectivity index (χ0v) is 16.8. The van der Waals surface area contributed by atoms with Crippen LogP contribution < -0.4 is 10.1 Å². The molecule has 2 aromatic rings. The van der Waals surface area contributed by atoms with E-state index >= 15 is 0 Å². The molecule has 0 unspecified atom stereocenters. The van der Waals surface area contributed by atoms with Crippen LogP contribution >= 0.6 is 0 Å². The Morgan fingerprint density at radius 3 is 2.31 bits per heavy atom. The largest absolute Gasteiger partial charge is 0.457 e. The molecule has 0 spiro atoms. The molecular weight excluding hydrogens is 374 g/mol. The number of hydrogen-bond donors (Lipinski definition) is 3. The van der Waals surface area contributed by atoms with Crippen molar-refractivity contribution < 1.29 is 29.2 Å². The van der Waals surface area contributed by atoms with Crippen LogP contribution in [0.25, 0.3) is 0 Å². The van der Waals surface area contributed by atoms with Gasteiger partial charge in [-0.25, -0.2) is 0 Å². The Bertz CT molecular complexity index is 837. The van der Waals surface area contributed by atoms with E-state index in [1.165, 1.54) is 5.56 Å². The maximum Gasteiger partial charge on any atom is 0.212 e. The minimum Gasteiger partial charge on any atom is -0.457 e. The first-order valence-corrected chi connectivity index (χ1v) is 9.73. The predicted octanol–water partition coefficient (Wildman–Crippen LogP) is 2.80. The van der Waals surface area contributed by atoms with Crippen LogP contribution in [-0.2, 0) is 14.2 Å². The molecule has 2 aliphatic rings. The lowest BCUT2D eigenvalue weighted by atomic mass is 9.97. The summed E-state index contributed by atoms with van der Waals surface area (Å²) in [5.74, 6) is -1.12. The SMILES string of the molecule is Cc1ccc(Oc2ccc(NC[C@@]3(O)OC[C@H]4OC(C)(C)O[C@H]4[C@@H]3O)cc2)cc1. The van der Waals surface area contributed by atoms with E-state index in [0.29, 0.717) is 5.75 Å². The van der Waals surface area contributed by atoms with Gasteiger partial charge in [-0.15, -0.1) is 0 Å². The number of nitrogens with one attached hydrogen (secondary N) is 1. The van der Waals surface area contributed by atoms with Gasteiger partial charge >= 0.3 is 0 Å². The lowest BCUT2D eigenvalue weighted by molar-refractivity contribution is -0.298. The average molecular weight is 401 g/mol. The number of rotatable bonds is 5. The van der Waals surface area contributed by atoms with Gasteiger partial charge in [-0.3, -0.25) is 0 Å². The van der Waals surface area contributed by atoms with Crippen LogP contribution in [0.5, 0.6) is 11.5 Å². The topological polar surface area (TPSA) is 89.4 Å². The van der Waals surface area contributed by atoms with Crippen molar-refractivity contribution in [1.29, 1.82) is 0 Å². The molecule has 2 heterocycles. The van der Waals surface area contributed by atoms with Crippen molar-refractivity contribution in [1.82, 2.24) is 0 Å². The van der Waals surface area contributed by atoms with Crippen molar-refractivity contribution in [3.63, 3.8) is 0 Å². The van der Waals surface area contributed by atoms with E-state index in [2.05, 4.69) is 5.32 Å². The van der Waals surface area contributed by atoms with Crippen LogP contribution in [0, 0.1) is 6.92 Å². The standard InChI is InChI=1S/C22H27NO6/c1-14-4-8-16(9-5-14)27-17-10-6-15(7-11-17)23-13-22(25)20(24)19-18(12-26-22)28-21(2,3)29-19/h4-11,18-20,23-25H,12-13H2,1-3H3/t18-,19-,20+,22-/m1/s1. The third-order valence-electron chi connectivity index (χ3n) is 5.15. The molecule has 3 N–H and O–H groups in total. The summed E-state index contributed by atoms with van der Waals surface area (Å²) in [6.45, 7) is 5.72. The molecule has 7 nitrogen and oxygen atoms in total. The smallest absolute Gasteiger partial charge is 0.212 e. The van der Waals surface area contributed by atoms with Gasteiger partial charge in [0.1, 0.15) is 29.8 Å². The van der Waals surface area contributed by atoms with E-state index in [9.17, 15) is 10.2 Å². The molecule has 4 atom stereocenters. The summed E-state index contributed by atoms with van der Waals surface area (Å²) in [5, 5.41) is 24.5. The van der Waals surface area contributed by atoms with Crippen molar-refractivity contribution in [3.05, 3.63) is 54.1 Å². The van der Waals surface area contributed by atoms with Crippen molar-refractivity contribution >= 4 is 5.69 Å². The Kier molecular flexibility index (Phi) is 5.27. The number of fused-ring (bicyclic) bond motifs is 1. The number of hydrogen-bond acceptors (Lipinski definition) is 7. The number of aliphatic hydroxyl groups excluding tert-OH is 1. The molecule has 2 fully saturated rings. The van der Waals surface area contributed by atoms with Gasteiger partial charge in [-0.1, -0.05) is 17.7 Å². The Morgan fingerprint density at radius 1 is 1.03 bits per heavy atom. The van der Waals surface area contributed by atoms with E-state index in [4.69, 9.17) is 18.9 Å². The van der Waals surface area contributed by atoms with Crippen molar-refractivity contribution in [2.75, 3.05) is 18.5 Å². The summed E-state index contributed by atoms with van der Waals surface area (Å²) in [7, 11) is 0. The molecule has 0 radical (unpaired) electrons. The highest BCUT2D eigenvalue weighted by atomic mass is 16.8. The van der Waals surface area contributed by atoms with E-state index < -0.39 is 29.9 Å². The normalized spacial score (nSPS) is 30.6. The van der Waals surface area contributed by atoms with Gasteiger partial charge in [-0.2, -0.15) is 0 Å². The van der Waals surface area contributed by atoms with Crippen LogP contribution in [0.15, 0.2) is 48.5 Å². The molecule has 0 aromatic heterocycles. The van der Waals surface area contributed by atoms with Gasteiger partial charge in [0.15, 0.2) is 5.79 Å². The molecule has 0 amide bonds. The summed E-state index contributed by atoms with van der Waals surface area (Å²) in [6.07, 6.45) is -2.28. The van der Waals surface area contributed by atoms with Crippen LogP contribution in [0.4, 0.5) is 5.69 Å². The molecule has 7 heteroatoms. The number of aryl methyl sites for hydroxylation is 1. The Hall–Kier alpha value is -2.16. The zero-order chi connectivity index (χ0) is 20.6. The van der Waals surface area contributed by atoms with Crippen LogP contribution in [-0.4, -0.2) is 53.3 Å². The third-order valence-corrected chi connectivity index (χ3v) is 5.15. The van der Waals surface area contributed by atoms with Gasteiger partial charge in [0.05, 0.1) is 13.2 Å². The highest BCUT2D eigenvalue weighted by molar-refractivity contribution is 5.47. The minimum atomic E-state index is -1.78. The van der Waals surface area contributed by atoms with E-state index in [-0.39, 0.29) is 13.2 Å². The molecule has 156 valence electrons. The van der Waals surface area contributed by atoms with Crippen molar-refractivity contribution in [2.45, 2.75) is 50.7 Å². The molecule has 2 saturated heterocycles. The molecule has 0 bridgehead atoms. The Labute approximate surface area is 170 Å². The fraction of sp³-hybridized carbons (Fsp3) is 0.455. The molecule has 0 aliphatic carbocycles. The zero-order valence-electron chi connectivity index (χ0n) is 16.8. The monoisotopic (exact) mass is 401 g/mol. The maximum atomic E-state index is 10.8. The summed E-state index contributed by atoms with van der Waals surface area (Å²) in [5.41, 5.74) is 1.93. The molecular formula is C22H27NO6. The van der Waals surface area contributed by atoms with Gasteiger partial charge in [0, 0.05) is 5.69 Å². The second-order valence-electron chi connectivity index (χ2n) is 8.03. The number of ether oxygens (including phenoxy) is 4. The molecule has 4 rings (SSSR count). The first-order chi connectivity index (χ1) is 13.7. The number of aliphatic hydroxyl groups is 2. The summed E-state index contributed by atoms with van der Waals surface area (Å²) in [6, 6.07) is 15.2. The highest BCUT2D eigenvalue weighted by Crippen LogP contribution is 2.37. The molecule has 2 aliphatic heterocycles. The molecule has 2 aromatic carbocycles. The fourth-order valence-corrected chi connectivity index (χ4v) is 3.60. The lowest BCUT2D eigenvalue weighted by Gasteiger charge is -2.41. The first kappa shape index (κ1) is 20.1. The maximum absolute atomic E-state index is 10.8. The summed E-state index contributed by atoms with van der Waals surface area (Å²) < 4.78 is 22.8. The second-order valence-corrected chi connectivity index (χ2v) is 8.03. The third kappa shape index (κ3) is 4.39.